The van der Waals surface area contributed by atoms with Gasteiger partial charge in [-0.2, -0.15) is 13.2 Å². The van der Waals surface area contributed by atoms with Crippen LogP contribution in [0.3, 0.4) is 0 Å². The Labute approximate surface area is 117 Å². The van der Waals surface area contributed by atoms with E-state index in [0.717, 1.165) is 4.47 Å². The molecule has 0 fully saturated rings. The molecular formula is C11H13BrClF3N2. The first kappa shape index (κ1) is 15.6. The smallest absolute Gasteiger partial charge is 0.380 e. The predicted octanol–water partition coefficient (Wildman–Crippen LogP) is 5.03. The van der Waals surface area contributed by atoms with E-state index in [1.54, 1.807) is 12.3 Å². The minimum absolute atomic E-state index is 0.0940. The molecule has 0 saturated heterocycles. The van der Waals surface area contributed by atoms with Gasteiger partial charge in [0.05, 0.1) is 5.69 Å². The van der Waals surface area contributed by atoms with Crippen LogP contribution in [0.15, 0.2) is 16.7 Å². The molecule has 1 aromatic heterocycles. The summed E-state index contributed by atoms with van der Waals surface area (Å²) in [5, 5.41) is 3.35. The third-order valence-corrected chi connectivity index (χ3v) is 3.04. The van der Waals surface area contributed by atoms with Crippen molar-refractivity contribution in [1.82, 2.24) is 4.98 Å². The molecule has 0 saturated carbocycles. The van der Waals surface area contributed by atoms with Gasteiger partial charge in [0.25, 0.3) is 0 Å². The van der Waals surface area contributed by atoms with Crippen molar-refractivity contribution < 1.29 is 13.2 Å². The molecule has 0 aromatic carbocycles. The zero-order chi connectivity index (χ0) is 13.8. The summed E-state index contributed by atoms with van der Waals surface area (Å²) in [7, 11) is 0. The topological polar surface area (TPSA) is 24.9 Å². The highest BCUT2D eigenvalue weighted by Gasteiger charge is 2.26. The molecule has 0 aliphatic rings. The lowest BCUT2D eigenvalue weighted by Crippen LogP contribution is -2.17. The molecule has 1 atom stereocenters. The summed E-state index contributed by atoms with van der Waals surface area (Å²) in [6, 6.07) is 1.65. The Morgan fingerprint density at radius 3 is 2.78 bits per heavy atom. The first-order chi connectivity index (χ1) is 8.28. The van der Waals surface area contributed by atoms with E-state index in [2.05, 4.69) is 26.2 Å². The number of halogens is 5. The maximum absolute atomic E-state index is 12.0. The number of alkyl halides is 3. The highest BCUT2D eigenvalue weighted by atomic mass is 79.9. The Balaban J connectivity index is 2.44. The second kappa shape index (κ2) is 6.61. The van der Waals surface area contributed by atoms with Gasteiger partial charge in [0.15, 0.2) is 5.15 Å². The lowest BCUT2D eigenvalue weighted by Gasteiger charge is -2.16. The average Bonchev–Trinajstić information content (AvgIpc) is 2.21. The summed E-state index contributed by atoms with van der Waals surface area (Å²) < 4.78 is 36.7. The Morgan fingerprint density at radius 1 is 1.50 bits per heavy atom. The molecule has 1 aromatic rings. The predicted molar refractivity (Wildman–Crippen MR) is 69.9 cm³/mol. The van der Waals surface area contributed by atoms with Crippen molar-refractivity contribution in [2.45, 2.75) is 38.4 Å². The van der Waals surface area contributed by atoms with Crippen LogP contribution in [-0.4, -0.2) is 17.2 Å². The van der Waals surface area contributed by atoms with Gasteiger partial charge < -0.3 is 5.32 Å². The van der Waals surface area contributed by atoms with Gasteiger partial charge in [-0.25, -0.2) is 4.98 Å². The van der Waals surface area contributed by atoms with Gasteiger partial charge in [0, 0.05) is 23.1 Å². The maximum atomic E-state index is 12.0. The number of hydrogen-bond donors (Lipinski definition) is 1. The number of nitrogens with zero attached hydrogens (tertiary/aromatic N) is 1. The highest BCUT2D eigenvalue weighted by molar-refractivity contribution is 9.10. The molecular weight excluding hydrogens is 332 g/mol. The molecule has 102 valence electrons. The van der Waals surface area contributed by atoms with Crippen molar-refractivity contribution in [2.24, 2.45) is 0 Å². The second-order valence-electron chi connectivity index (χ2n) is 4.04. The van der Waals surface area contributed by atoms with Gasteiger partial charge in [0.2, 0.25) is 0 Å². The molecule has 0 spiro atoms. The van der Waals surface area contributed by atoms with Crippen LogP contribution in [0.4, 0.5) is 18.9 Å². The lowest BCUT2D eigenvalue weighted by molar-refractivity contribution is -0.135. The molecule has 0 radical (unpaired) electrons. The summed E-state index contributed by atoms with van der Waals surface area (Å²) in [6.45, 7) is 1.81. The third-order valence-electron chi connectivity index (χ3n) is 2.30. The van der Waals surface area contributed by atoms with E-state index >= 15 is 0 Å². The average molecular weight is 346 g/mol. The quantitative estimate of drug-likeness (QED) is 0.757. The van der Waals surface area contributed by atoms with Gasteiger partial charge in [-0.15, -0.1) is 0 Å². The van der Waals surface area contributed by atoms with E-state index in [0.29, 0.717) is 17.3 Å². The van der Waals surface area contributed by atoms with Gasteiger partial charge in [-0.3, -0.25) is 0 Å². The van der Waals surface area contributed by atoms with E-state index in [9.17, 15) is 13.2 Å². The summed E-state index contributed by atoms with van der Waals surface area (Å²) in [4.78, 5) is 3.93. The normalized spacial score (nSPS) is 13.4. The minimum atomic E-state index is -4.09. The first-order valence-corrected chi connectivity index (χ1v) is 6.59. The fourth-order valence-corrected chi connectivity index (χ4v) is 1.96. The van der Waals surface area contributed by atoms with Gasteiger partial charge in [-0.05, 0) is 41.8 Å². The molecule has 0 aliphatic carbocycles. The van der Waals surface area contributed by atoms with Crippen LogP contribution in [0.5, 0.6) is 0 Å². The number of pyridine rings is 1. The molecule has 0 aliphatic heterocycles. The van der Waals surface area contributed by atoms with Crippen molar-refractivity contribution in [2.75, 3.05) is 5.32 Å². The molecule has 18 heavy (non-hydrogen) atoms. The zero-order valence-electron chi connectivity index (χ0n) is 9.69. The maximum Gasteiger partial charge on any atom is 0.389 e. The largest absolute Gasteiger partial charge is 0.389 e. The van der Waals surface area contributed by atoms with E-state index in [-0.39, 0.29) is 12.5 Å². The van der Waals surface area contributed by atoms with Crippen LogP contribution in [0.2, 0.25) is 5.15 Å². The molecule has 0 amide bonds. The number of aromatic nitrogens is 1. The van der Waals surface area contributed by atoms with Crippen molar-refractivity contribution in [3.05, 3.63) is 21.9 Å². The highest BCUT2D eigenvalue weighted by Crippen LogP contribution is 2.26. The van der Waals surface area contributed by atoms with Crippen LogP contribution in [0, 0.1) is 0 Å². The van der Waals surface area contributed by atoms with Crippen LogP contribution < -0.4 is 5.32 Å². The summed E-state index contributed by atoms with van der Waals surface area (Å²) in [6.07, 6.45) is -2.78. The van der Waals surface area contributed by atoms with Crippen molar-refractivity contribution in [3.8, 4) is 0 Å². The first-order valence-electron chi connectivity index (χ1n) is 5.42. The number of nitrogens with one attached hydrogen (secondary N) is 1. The molecule has 2 nitrogen and oxygen atoms in total. The fraction of sp³-hybridized carbons (Fsp3) is 0.545. The summed E-state index contributed by atoms with van der Waals surface area (Å²) >= 11 is 9.13. The van der Waals surface area contributed by atoms with Gasteiger partial charge >= 0.3 is 6.18 Å². The fourth-order valence-electron chi connectivity index (χ4n) is 1.47. The van der Waals surface area contributed by atoms with Crippen LogP contribution in [-0.2, 0) is 0 Å². The molecule has 1 N–H and O–H groups in total. The Bertz CT molecular complexity index is 398. The Kier molecular flexibility index (Phi) is 5.72. The minimum Gasteiger partial charge on any atom is -0.380 e. The molecule has 7 heteroatoms. The SMILES string of the molecule is CC(CCCC(F)(F)F)Nc1cc(Br)cnc1Cl. The second-order valence-corrected chi connectivity index (χ2v) is 5.32. The van der Waals surface area contributed by atoms with Crippen molar-refractivity contribution in [1.29, 1.82) is 0 Å². The van der Waals surface area contributed by atoms with E-state index in [1.807, 2.05) is 6.92 Å². The number of hydrogen-bond acceptors (Lipinski definition) is 2. The Hall–Kier alpha value is -0.490. The van der Waals surface area contributed by atoms with E-state index < -0.39 is 12.6 Å². The van der Waals surface area contributed by atoms with E-state index in [4.69, 9.17) is 11.6 Å². The van der Waals surface area contributed by atoms with Crippen molar-refractivity contribution >= 4 is 33.2 Å². The van der Waals surface area contributed by atoms with Gasteiger partial charge in [0.1, 0.15) is 0 Å². The van der Waals surface area contributed by atoms with Crippen LogP contribution in [0.1, 0.15) is 26.2 Å². The zero-order valence-corrected chi connectivity index (χ0v) is 12.0. The summed E-state index contributed by atoms with van der Waals surface area (Å²) in [5.41, 5.74) is 0.616. The standard InChI is InChI=1S/C11H13BrClF3N2/c1-7(3-2-4-11(14,15)16)18-9-5-8(12)6-17-10(9)13/h5-7,18H,2-4H2,1H3. The summed E-state index contributed by atoms with van der Waals surface area (Å²) in [5.74, 6) is 0. The van der Waals surface area contributed by atoms with Gasteiger partial charge in [-0.1, -0.05) is 11.6 Å². The lowest BCUT2D eigenvalue weighted by atomic mass is 10.1. The Morgan fingerprint density at radius 2 is 2.17 bits per heavy atom. The van der Waals surface area contributed by atoms with Crippen molar-refractivity contribution in [3.63, 3.8) is 0 Å². The molecule has 1 heterocycles. The van der Waals surface area contributed by atoms with Crippen LogP contribution in [0.25, 0.3) is 0 Å². The van der Waals surface area contributed by atoms with E-state index in [1.165, 1.54) is 0 Å². The third kappa shape index (κ3) is 5.91. The monoisotopic (exact) mass is 344 g/mol. The molecule has 1 rings (SSSR count). The number of rotatable bonds is 5. The van der Waals surface area contributed by atoms with Crippen LogP contribution >= 0.6 is 27.5 Å². The number of anilines is 1. The molecule has 1 unspecified atom stereocenters. The molecule has 0 bridgehead atoms.